The van der Waals surface area contributed by atoms with Gasteiger partial charge in [0, 0.05) is 24.2 Å². The van der Waals surface area contributed by atoms with Gasteiger partial charge in [-0.15, -0.1) is 0 Å². The van der Waals surface area contributed by atoms with E-state index in [-0.39, 0.29) is 17.8 Å². The number of hydrogen-bond donors (Lipinski definition) is 2. The molecule has 0 spiro atoms. The van der Waals surface area contributed by atoms with Crippen molar-refractivity contribution in [2.24, 2.45) is 0 Å². The quantitative estimate of drug-likeness (QED) is 0.278. The molecule has 4 aromatic rings. The highest BCUT2D eigenvalue weighted by atomic mass is 16.5. The molecule has 6 bridgehead atoms. The van der Waals surface area contributed by atoms with Crippen LogP contribution >= 0.6 is 0 Å². The van der Waals surface area contributed by atoms with E-state index in [1.807, 2.05) is 24.3 Å². The zero-order valence-corrected chi connectivity index (χ0v) is 25.6. The second kappa shape index (κ2) is 11.6. The Morgan fingerprint density at radius 2 is 1.57 bits per heavy atom. The summed E-state index contributed by atoms with van der Waals surface area (Å²) < 4.78 is 30.8. The molecule has 0 fully saturated rings. The molecule has 8 heteroatoms. The molecule has 8 rings (SSSR count). The van der Waals surface area contributed by atoms with Gasteiger partial charge in [-0.05, 0) is 110 Å². The van der Waals surface area contributed by atoms with Crippen LogP contribution in [0.4, 0.5) is 0 Å². The second-order valence-electron chi connectivity index (χ2n) is 11.8. The highest BCUT2D eigenvalue weighted by Gasteiger charge is 2.32. The summed E-state index contributed by atoms with van der Waals surface area (Å²) in [6.07, 6.45) is 3.20. The monoisotopic (exact) mass is 594 g/mol. The zero-order valence-electron chi connectivity index (χ0n) is 25.6. The summed E-state index contributed by atoms with van der Waals surface area (Å²) in [4.78, 5) is 2.40. The van der Waals surface area contributed by atoms with Crippen molar-refractivity contribution in [1.29, 1.82) is 0 Å². The highest BCUT2D eigenvalue weighted by Crippen LogP contribution is 2.50. The SMILES string of the molecule is COc1cc2c3cc1Oc1c(OC)c(OC)cc4c1[C@H](Cc1ccc(O)c(c1)Oc1ccc(cc1)C[C@@H]3N(C)CC2)NCC4. The Balaban J connectivity index is 1.45. The van der Waals surface area contributed by atoms with Gasteiger partial charge in [-0.1, -0.05) is 18.2 Å². The van der Waals surface area contributed by atoms with Gasteiger partial charge in [0.2, 0.25) is 5.75 Å². The van der Waals surface area contributed by atoms with Crippen LogP contribution in [0, 0.1) is 0 Å². The lowest BCUT2D eigenvalue weighted by atomic mass is 9.88. The van der Waals surface area contributed by atoms with Crippen molar-refractivity contribution in [3.8, 4) is 46.0 Å². The van der Waals surface area contributed by atoms with Crippen molar-refractivity contribution < 1.29 is 28.8 Å². The van der Waals surface area contributed by atoms with Gasteiger partial charge in [-0.2, -0.15) is 0 Å². The number of phenols is 1. The lowest BCUT2D eigenvalue weighted by molar-refractivity contribution is 0.228. The summed E-state index contributed by atoms with van der Waals surface area (Å²) in [6.45, 7) is 1.75. The van der Waals surface area contributed by atoms with Crippen molar-refractivity contribution >= 4 is 0 Å². The number of nitrogens with one attached hydrogen (secondary N) is 1. The van der Waals surface area contributed by atoms with Crippen molar-refractivity contribution in [3.05, 3.63) is 94.0 Å². The van der Waals surface area contributed by atoms with E-state index in [1.54, 1.807) is 27.4 Å². The van der Waals surface area contributed by atoms with E-state index in [4.69, 9.17) is 23.7 Å². The van der Waals surface area contributed by atoms with Crippen LogP contribution in [0.15, 0.2) is 60.7 Å². The van der Waals surface area contributed by atoms with Gasteiger partial charge in [0.1, 0.15) is 5.75 Å². The van der Waals surface area contributed by atoms with Gasteiger partial charge < -0.3 is 34.1 Å². The molecule has 0 amide bonds. The number of phenolic OH excluding ortho intramolecular Hbond substituents is 1. The number of ether oxygens (including phenoxy) is 5. The maximum atomic E-state index is 10.7. The van der Waals surface area contributed by atoms with Crippen LogP contribution in [-0.4, -0.2) is 51.5 Å². The molecule has 4 aromatic carbocycles. The first-order valence-electron chi connectivity index (χ1n) is 15.1. The average Bonchev–Trinajstić information content (AvgIpc) is 3.04. The van der Waals surface area contributed by atoms with Gasteiger partial charge in [-0.25, -0.2) is 0 Å². The first-order chi connectivity index (χ1) is 21.4. The normalized spacial score (nSPS) is 19.1. The van der Waals surface area contributed by atoms with E-state index in [0.717, 1.165) is 49.0 Å². The lowest BCUT2D eigenvalue weighted by Gasteiger charge is -2.36. The molecule has 4 aliphatic rings. The Hall–Kier alpha value is -4.40. The summed E-state index contributed by atoms with van der Waals surface area (Å²) in [5.74, 6) is 4.31. The molecule has 0 aliphatic carbocycles. The maximum absolute atomic E-state index is 10.7. The molecule has 0 saturated carbocycles. The molecule has 0 aromatic heterocycles. The third-order valence-corrected chi connectivity index (χ3v) is 9.19. The van der Waals surface area contributed by atoms with Crippen molar-refractivity contribution in [2.45, 2.75) is 37.8 Å². The van der Waals surface area contributed by atoms with Crippen LogP contribution in [0.2, 0.25) is 0 Å². The van der Waals surface area contributed by atoms with Gasteiger partial charge in [0.05, 0.1) is 21.3 Å². The summed E-state index contributed by atoms with van der Waals surface area (Å²) in [7, 11) is 7.16. The zero-order chi connectivity index (χ0) is 30.4. The fourth-order valence-electron chi connectivity index (χ4n) is 6.87. The Morgan fingerprint density at radius 3 is 2.34 bits per heavy atom. The predicted octanol–water partition coefficient (Wildman–Crippen LogP) is 6.52. The minimum Gasteiger partial charge on any atom is -0.504 e. The molecule has 4 heterocycles. The highest BCUT2D eigenvalue weighted by molar-refractivity contribution is 5.63. The second-order valence-corrected chi connectivity index (χ2v) is 11.8. The van der Waals surface area contributed by atoms with E-state index in [1.165, 1.54) is 16.7 Å². The van der Waals surface area contributed by atoms with Gasteiger partial charge in [0.25, 0.3) is 0 Å². The molecule has 2 atom stereocenters. The first kappa shape index (κ1) is 28.4. The van der Waals surface area contributed by atoms with Crippen LogP contribution in [0.25, 0.3) is 0 Å². The molecular weight excluding hydrogens is 556 g/mol. The molecule has 0 radical (unpaired) electrons. The predicted molar refractivity (Wildman–Crippen MR) is 168 cm³/mol. The molecule has 0 unspecified atom stereocenters. The fraction of sp³-hybridized carbons (Fsp3) is 0.333. The number of benzene rings is 4. The van der Waals surface area contributed by atoms with E-state index in [2.05, 4.69) is 47.6 Å². The topological polar surface area (TPSA) is 81.7 Å². The van der Waals surface area contributed by atoms with Crippen LogP contribution < -0.4 is 29.0 Å². The number of likely N-dealkylation sites (N-methyl/N-ethyl adjacent to an activating group) is 1. The average molecular weight is 595 g/mol. The van der Waals surface area contributed by atoms with Gasteiger partial charge in [-0.3, -0.25) is 4.90 Å². The molecule has 0 saturated heterocycles. The third kappa shape index (κ3) is 5.08. The van der Waals surface area contributed by atoms with E-state index in [0.29, 0.717) is 46.7 Å². The Labute approximate surface area is 258 Å². The van der Waals surface area contributed by atoms with Crippen molar-refractivity contribution in [3.63, 3.8) is 0 Å². The molecule has 44 heavy (non-hydrogen) atoms. The number of hydrogen-bond acceptors (Lipinski definition) is 8. The largest absolute Gasteiger partial charge is 0.504 e. The Bertz CT molecular complexity index is 1700. The lowest BCUT2D eigenvalue weighted by Crippen LogP contribution is -2.33. The molecule has 228 valence electrons. The third-order valence-electron chi connectivity index (χ3n) is 9.19. The molecule has 4 aliphatic heterocycles. The number of aromatic hydroxyl groups is 1. The Kier molecular flexibility index (Phi) is 7.48. The minimum atomic E-state index is -0.0911. The van der Waals surface area contributed by atoms with Crippen LogP contribution in [0.1, 0.15) is 45.5 Å². The molecular formula is C36H38N2O6. The number of fused-ring (bicyclic) bond motifs is 2. The number of rotatable bonds is 3. The summed E-state index contributed by atoms with van der Waals surface area (Å²) >= 11 is 0. The van der Waals surface area contributed by atoms with E-state index in [9.17, 15) is 5.11 Å². The first-order valence-corrected chi connectivity index (χ1v) is 15.1. The minimum absolute atomic E-state index is 0.0911. The summed E-state index contributed by atoms with van der Waals surface area (Å²) in [5.41, 5.74) is 6.85. The number of nitrogens with zero attached hydrogens (tertiary/aromatic N) is 1. The smallest absolute Gasteiger partial charge is 0.204 e. The van der Waals surface area contributed by atoms with Crippen LogP contribution in [0.3, 0.4) is 0 Å². The fourth-order valence-corrected chi connectivity index (χ4v) is 6.87. The van der Waals surface area contributed by atoms with Crippen LogP contribution in [-0.2, 0) is 25.7 Å². The van der Waals surface area contributed by atoms with E-state index >= 15 is 0 Å². The van der Waals surface area contributed by atoms with Gasteiger partial charge >= 0.3 is 0 Å². The number of methoxy groups -OCH3 is 3. The Morgan fingerprint density at radius 1 is 0.795 bits per heavy atom. The standard InChI is InChI=1S/C36H38N2O6/c1-38-14-12-23-18-31(40-2)32-20-26(23)28(38)16-21-5-8-25(9-6-21)43-30-17-22(7-10-29(30)39)15-27-34-24(11-13-37-27)19-33(41-3)35(42-4)36(34)44-32/h5-10,17-20,27-28,37,39H,11-16H2,1-4H3/t27-,28-/m0/s1. The van der Waals surface area contributed by atoms with Crippen molar-refractivity contribution in [2.75, 3.05) is 41.5 Å². The van der Waals surface area contributed by atoms with Gasteiger partial charge in [0.15, 0.2) is 34.5 Å². The van der Waals surface area contributed by atoms with Crippen molar-refractivity contribution in [1.82, 2.24) is 10.2 Å². The maximum Gasteiger partial charge on any atom is 0.204 e. The molecule has 2 N–H and O–H groups in total. The summed E-state index contributed by atoms with van der Waals surface area (Å²) in [6, 6.07) is 20.1. The molecule has 8 nitrogen and oxygen atoms in total. The van der Waals surface area contributed by atoms with E-state index < -0.39 is 0 Å². The van der Waals surface area contributed by atoms with Crippen LogP contribution in [0.5, 0.6) is 46.0 Å². The summed E-state index contributed by atoms with van der Waals surface area (Å²) in [5, 5.41) is 14.4.